The van der Waals surface area contributed by atoms with E-state index >= 15 is 0 Å². The lowest BCUT2D eigenvalue weighted by Crippen LogP contribution is -2.45. The number of carbonyl (C=O) groups is 2. The molecule has 0 saturated carbocycles. The molecule has 2 aromatic carbocycles. The van der Waals surface area contributed by atoms with Crippen LogP contribution in [0.25, 0.3) is 10.9 Å². The van der Waals surface area contributed by atoms with E-state index in [0.717, 1.165) is 22.0 Å². The summed E-state index contributed by atoms with van der Waals surface area (Å²) in [7, 11) is 0. The fraction of sp³-hybridized carbons (Fsp3) is 0.130. The van der Waals surface area contributed by atoms with Crippen LogP contribution in [-0.4, -0.2) is 22.8 Å². The maximum Gasteiger partial charge on any atom is 0.287 e. The number of benzene rings is 2. The summed E-state index contributed by atoms with van der Waals surface area (Å²) >= 11 is 0. The van der Waals surface area contributed by atoms with Gasteiger partial charge in [0.1, 0.15) is 6.04 Å². The Hall–Kier alpha value is -3.80. The second-order valence-electron chi connectivity index (χ2n) is 6.92. The van der Waals surface area contributed by atoms with Gasteiger partial charge in [-0.1, -0.05) is 35.9 Å². The Morgan fingerprint density at radius 2 is 1.83 bits per heavy atom. The van der Waals surface area contributed by atoms with Crippen LogP contribution in [0, 0.1) is 6.92 Å². The topological polar surface area (TPSA) is 87.1 Å². The second kappa shape index (κ2) is 8.06. The van der Waals surface area contributed by atoms with E-state index in [-0.39, 0.29) is 11.7 Å². The number of carbonyl (C=O) groups excluding carboxylic acids is 2. The summed E-state index contributed by atoms with van der Waals surface area (Å²) in [6.45, 7) is 1.98. The number of aromatic amines is 1. The molecule has 0 unspecified atom stereocenters. The highest BCUT2D eigenvalue weighted by atomic mass is 16.3. The van der Waals surface area contributed by atoms with Gasteiger partial charge in [0.05, 0.1) is 6.26 Å². The van der Waals surface area contributed by atoms with Gasteiger partial charge in [-0.05, 0) is 42.8 Å². The van der Waals surface area contributed by atoms with Crippen molar-refractivity contribution in [3.05, 3.63) is 90.0 Å². The molecule has 0 aliphatic heterocycles. The van der Waals surface area contributed by atoms with Crippen molar-refractivity contribution in [3.8, 4) is 0 Å². The Bertz CT molecular complexity index is 1130. The summed E-state index contributed by atoms with van der Waals surface area (Å²) in [6.07, 6.45) is 3.64. The van der Waals surface area contributed by atoms with Crippen LogP contribution < -0.4 is 10.6 Å². The highest BCUT2D eigenvalue weighted by Gasteiger charge is 2.24. The number of amides is 2. The van der Waals surface area contributed by atoms with Gasteiger partial charge < -0.3 is 20.0 Å². The zero-order valence-electron chi connectivity index (χ0n) is 15.9. The number of furan rings is 1. The normalized spacial score (nSPS) is 11.9. The lowest BCUT2D eigenvalue weighted by Gasteiger charge is -2.18. The molecule has 0 fully saturated rings. The molecule has 2 amide bonds. The predicted octanol–water partition coefficient (Wildman–Crippen LogP) is 4.05. The number of hydrogen-bond acceptors (Lipinski definition) is 3. The SMILES string of the molecule is Cc1ccc(NC(=O)[C@H](Cc2c[nH]c3ccccc23)NC(=O)c2ccco2)cc1. The highest BCUT2D eigenvalue weighted by molar-refractivity contribution is 6.00. The van der Waals surface area contributed by atoms with Crippen LogP contribution in [0.1, 0.15) is 21.7 Å². The molecule has 146 valence electrons. The van der Waals surface area contributed by atoms with Gasteiger partial charge in [-0.2, -0.15) is 0 Å². The smallest absolute Gasteiger partial charge is 0.287 e. The third kappa shape index (κ3) is 4.21. The van der Waals surface area contributed by atoms with Crippen molar-refractivity contribution in [2.24, 2.45) is 0 Å². The molecular weight excluding hydrogens is 366 g/mol. The molecule has 0 saturated heterocycles. The molecule has 6 heteroatoms. The minimum absolute atomic E-state index is 0.164. The summed E-state index contributed by atoms with van der Waals surface area (Å²) in [5.41, 5.74) is 3.71. The molecule has 0 radical (unpaired) electrons. The van der Waals surface area contributed by atoms with Crippen LogP contribution in [0.2, 0.25) is 0 Å². The predicted molar refractivity (Wildman–Crippen MR) is 112 cm³/mol. The van der Waals surface area contributed by atoms with E-state index in [0.29, 0.717) is 12.1 Å². The van der Waals surface area contributed by atoms with Crippen LogP contribution in [0.15, 0.2) is 77.5 Å². The van der Waals surface area contributed by atoms with E-state index in [1.807, 2.05) is 61.7 Å². The number of hydrogen-bond donors (Lipinski definition) is 3. The van der Waals surface area contributed by atoms with E-state index in [2.05, 4.69) is 15.6 Å². The fourth-order valence-corrected chi connectivity index (χ4v) is 3.23. The molecule has 4 aromatic rings. The summed E-state index contributed by atoms with van der Waals surface area (Å²) < 4.78 is 5.16. The van der Waals surface area contributed by atoms with E-state index in [4.69, 9.17) is 4.42 Å². The van der Waals surface area contributed by atoms with Crippen LogP contribution in [0.3, 0.4) is 0 Å². The minimum Gasteiger partial charge on any atom is -0.459 e. The van der Waals surface area contributed by atoms with Gasteiger partial charge in [-0.3, -0.25) is 9.59 Å². The maximum absolute atomic E-state index is 13.0. The van der Waals surface area contributed by atoms with Crippen molar-refractivity contribution < 1.29 is 14.0 Å². The van der Waals surface area contributed by atoms with E-state index in [9.17, 15) is 9.59 Å². The summed E-state index contributed by atoms with van der Waals surface area (Å²) in [5.74, 6) is -0.560. The minimum atomic E-state index is -0.770. The van der Waals surface area contributed by atoms with Crippen molar-refractivity contribution in [1.29, 1.82) is 0 Å². The van der Waals surface area contributed by atoms with Gasteiger partial charge >= 0.3 is 0 Å². The van der Waals surface area contributed by atoms with Gasteiger partial charge in [0.2, 0.25) is 5.91 Å². The number of para-hydroxylation sites is 1. The zero-order chi connectivity index (χ0) is 20.2. The molecule has 0 aliphatic rings. The molecule has 0 bridgehead atoms. The number of aromatic nitrogens is 1. The van der Waals surface area contributed by atoms with Crippen molar-refractivity contribution in [2.75, 3.05) is 5.32 Å². The number of aryl methyl sites for hydroxylation is 1. The largest absolute Gasteiger partial charge is 0.459 e. The Labute approximate surface area is 167 Å². The van der Waals surface area contributed by atoms with Crippen LogP contribution in [-0.2, 0) is 11.2 Å². The van der Waals surface area contributed by atoms with E-state index in [1.165, 1.54) is 6.26 Å². The van der Waals surface area contributed by atoms with Gasteiger partial charge in [0.15, 0.2) is 5.76 Å². The third-order valence-corrected chi connectivity index (χ3v) is 4.78. The molecule has 0 aliphatic carbocycles. The maximum atomic E-state index is 13.0. The molecule has 1 atom stereocenters. The first kappa shape index (κ1) is 18.6. The monoisotopic (exact) mass is 387 g/mol. The lowest BCUT2D eigenvalue weighted by atomic mass is 10.0. The quantitative estimate of drug-likeness (QED) is 0.466. The number of nitrogens with one attached hydrogen (secondary N) is 3. The molecule has 4 rings (SSSR count). The first-order chi connectivity index (χ1) is 14.1. The number of fused-ring (bicyclic) bond motifs is 1. The van der Waals surface area contributed by atoms with Crippen molar-refractivity contribution in [2.45, 2.75) is 19.4 Å². The van der Waals surface area contributed by atoms with E-state index in [1.54, 1.807) is 12.1 Å². The first-order valence-corrected chi connectivity index (χ1v) is 9.37. The average molecular weight is 387 g/mol. The van der Waals surface area contributed by atoms with Crippen molar-refractivity contribution in [3.63, 3.8) is 0 Å². The second-order valence-corrected chi connectivity index (χ2v) is 6.92. The summed E-state index contributed by atoms with van der Waals surface area (Å²) in [4.78, 5) is 28.7. The molecule has 2 heterocycles. The first-order valence-electron chi connectivity index (χ1n) is 9.37. The summed E-state index contributed by atoms with van der Waals surface area (Å²) in [5, 5.41) is 6.70. The highest BCUT2D eigenvalue weighted by Crippen LogP contribution is 2.20. The Morgan fingerprint density at radius 3 is 2.59 bits per heavy atom. The molecule has 29 heavy (non-hydrogen) atoms. The standard InChI is InChI=1S/C23H21N3O3/c1-15-8-10-17(11-9-15)25-22(27)20(26-23(28)21-7-4-12-29-21)13-16-14-24-19-6-3-2-5-18(16)19/h2-12,14,20,24H,13H2,1H3,(H,25,27)(H,26,28)/t20-/m0/s1. The van der Waals surface area contributed by atoms with Gasteiger partial charge in [0.25, 0.3) is 5.91 Å². The average Bonchev–Trinajstić information content (AvgIpc) is 3.40. The summed E-state index contributed by atoms with van der Waals surface area (Å²) in [6, 6.07) is 17.8. The van der Waals surface area contributed by atoms with Crippen LogP contribution >= 0.6 is 0 Å². The Morgan fingerprint density at radius 1 is 1.03 bits per heavy atom. The zero-order valence-corrected chi connectivity index (χ0v) is 15.9. The fourth-order valence-electron chi connectivity index (χ4n) is 3.23. The number of H-pyrrole nitrogens is 1. The van der Waals surface area contributed by atoms with Gasteiger partial charge in [0, 0.05) is 29.2 Å². The van der Waals surface area contributed by atoms with Crippen LogP contribution in [0.4, 0.5) is 5.69 Å². The number of rotatable bonds is 6. The number of anilines is 1. The molecule has 3 N–H and O–H groups in total. The van der Waals surface area contributed by atoms with Crippen molar-refractivity contribution in [1.82, 2.24) is 10.3 Å². The lowest BCUT2D eigenvalue weighted by molar-refractivity contribution is -0.118. The van der Waals surface area contributed by atoms with E-state index < -0.39 is 11.9 Å². The molecular formula is C23H21N3O3. The third-order valence-electron chi connectivity index (χ3n) is 4.78. The Kier molecular flexibility index (Phi) is 5.16. The van der Waals surface area contributed by atoms with Gasteiger partial charge in [-0.15, -0.1) is 0 Å². The van der Waals surface area contributed by atoms with Crippen molar-refractivity contribution >= 4 is 28.4 Å². The molecule has 6 nitrogen and oxygen atoms in total. The van der Waals surface area contributed by atoms with Gasteiger partial charge in [-0.25, -0.2) is 0 Å². The Balaban J connectivity index is 1.58. The molecule has 0 spiro atoms. The van der Waals surface area contributed by atoms with Crippen LogP contribution in [0.5, 0.6) is 0 Å². The molecule has 2 aromatic heterocycles.